The van der Waals surface area contributed by atoms with Gasteiger partial charge in [-0.3, -0.25) is 9.35 Å². The lowest BCUT2D eigenvalue weighted by Gasteiger charge is -2.44. The van der Waals surface area contributed by atoms with Gasteiger partial charge in [-0.25, -0.2) is 0 Å². The quantitative estimate of drug-likeness (QED) is 0.0735. The number of carbonyl (C=O) groups is 1. The number of benzene rings is 3. The van der Waals surface area contributed by atoms with Gasteiger partial charge in [0.25, 0.3) is 10.1 Å². The average molecular weight is 871 g/mol. The molecular weight excluding hydrogens is 809 g/mol. The van der Waals surface area contributed by atoms with Crippen LogP contribution in [0.15, 0.2) is 102 Å². The minimum Gasteiger partial charge on any atom is -0.481 e. The van der Waals surface area contributed by atoms with Gasteiger partial charge in [-0.1, -0.05) is 68.8 Å². The molecule has 0 spiro atoms. The summed E-state index contributed by atoms with van der Waals surface area (Å²) in [5, 5.41) is 9.17. The molecule has 0 aromatic heterocycles. The van der Waals surface area contributed by atoms with Crippen molar-refractivity contribution in [3.05, 3.63) is 119 Å². The molecule has 13 heteroatoms. The zero-order valence-electron chi connectivity index (χ0n) is 36.9. The van der Waals surface area contributed by atoms with Crippen LogP contribution in [0.4, 0.5) is 11.4 Å². The third-order valence-corrected chi connectivity index (χ3v) is 12.6. The van der Waals surface area contributed by atoms with Crippen LogP contribution in [0, 0.1) is 0 Å². The molecule has 0 saturated heterocycles. The van der Waals surface area contributed by atoms with Gasteiger partial charge in [-0.05, 0) is 92.3 Å². The number of nitrogens with zero attached hydrogens (tertiary/aromatic N) is 2. The molecule has 2 N–H and O–H groups in total. The van der Waals surface area contributed by atoms with Gasteiger partial charge in [0.1, 0.15) is 11.9 Å². The first-order valence-electron chi connectivity index (χ1n) is 21.4. The van der Waals surface area contributed by atoms with Crippen LogP contribution in [-0.2, 0) is 39.3 Å². The highest BCUT2D eigenvalue weighted by molar-refractivity contribution is 7.85. The smallest absolute Gasteiger partial charge is 0.303 e. The molecule has 1 atom stereocenters. The molecule has 62 heavy (non-hydrogen) atoms. The van der Waals surface area contributed by atoms with E-state index in [0.717, 1.165) is 63.5 Å². The van der Waals surface area contributed by atoms with Crippen molar-refractivity contribution in [2.45, 2.75) is 82.3 Å². The number of ether oxygens (including phenoxy) is 5. The summed E-state index contributed by atoms with van der Waals surface area (Å²) in [4.78, 5) is 15.6. The normalized spacial score (nSPS) is 18.3. The maximum Gasteiger partial charge on any atom is 0.303 e. The van der Waals surface area contributed by atoms with E-state index >= 15 is 0 Å². The minimum atomic E-state index is -4.42. The first-order chi connectivity index (χ1) is 29.6. The van der Waals surface area contributed by atoms with E-state index in [0.29, 0.717) is 65.8 Å². The summed E-state index contributed by atoms with van der Waals surface area (Å²) in [5.74, 6) is -0.0360. The Morgan fingerprint density at radius 1 is 0.839 bits per heavy atom. The third kappa shape index (κ3) is 11.2. The maximum atomic E-state index is 12.2. The number of carboxylic acids is 1. The van der Waals surface area contributed by atoms with Crippen LogP contribution in [0.2, 0.25) is 0 Å². The average Bonchev–Trinajstić information content (AvgIpc) is 3.43. The highest BCUT2D eigenvalue weighted by atomic mass is 32.2. The molecule has 3 aliphatic rings. The summed E-state index contributed by atoms with van der Waals surface area (Å²) < 4.78 is 63.3. The lowest BCUT2D eigenvalue weighted by Crippen LogP contribution is -2.47. The molecule has 3 heterocycles. The van der Waals surface area contributed by atoms with Gasteiger partial charge in [0.05, 0.1) is 56.7 Å². The molecule has 0 amide bonds. The van der Waals surface area contributed by atoms with E-state index in [1.807, 2.05) is 38.1 Å². The molecule has 0 bridgehead atoms. The Hall–Kier alpha value is -4.76. The Kier molecular flexibility index (Phi) is 15.5. The molecule has 3 aromatic rings. The lowest BCUT2D eigenvalue weighted by molar-refractivity contribution is -0.137. The Labute approximate surface area is 367 Å². The highest BCUT2D eigenvalue weighted by Gasteiger charge is 2.40. The van der Waals surface area contributed by atoms with Crippen LogP contribution in [0.25, 0.3) is 11.1 Å². The van der Waals surface area contributed by atoms with Crippen molar-refractivity contribution in [1.82, 2.24) is 0 Å². The van der Waals surface area contributed by atoms with Crippen molar-refractivity contribution in [2.24, 2.45) is 0 Å². The minimum absolute atomic E-state index is 0.113. The van der Waals surface area contributed by atoms with Gasteiger partial charge in [-0.15, -0.1) is 0 Å². The summed E-state index contributed by atoms with van der Waals surface area (Å²) in [6.45, 7) is 15.6. The fourth-order valence-corrected chi connectivity index (χ4v) is 9.08. The van der Waals surface area contributed by atoms with Crippen LogP contribution >= 0.6 is 0 Å². The summed E-state index contributed by atoms with van der Waals surface area (Å²) >= 11 is 0. The first kappa shape index (κ1) is 46.7. The zero-order valence-corrected chi connectivity index (χ0v) is 37.7. The molecule has 3 aliphatic heterocycles. The predicted octanol–water partition coefficient (Wildman–Crippen LogP) is 9.03. The Morgan fingerprint density at radius 2 is 1.53 bits per heavy atom. The molecular formula is C49H62N2O10S. The van der Waals surface area contributed by atoms with Gasteiger partial charge < -0.3 is 38.6 Å². The highest BCUT2D eigenvalue weighted by Crippen LogP contribution is 2.50. The second kappa shape index (κ2) is 20.6. The summed E-state index contributed by atoms with van der Waals surface area (Å²) in [6.07, 6.45) is 12.5. The van der Waals surface area contributed by atoms with Gasteiger partial charge in [0.2, 0.25) is 0 Å². The van der Waals surface area contributed by atoms with E-state index < -0.39 is 21.5 Å². The molecule has 0 radical (unpaired) electrons. The van der Waals surface area contributed by atoms with Gasteiger partial charge in [0, 0.05) is 66.3 Å². The number of rotatable bonds is 22. The molecule has 0 fully saturated rings. The number of aliphatic carboxylic acids is 1. The van der Waals surface area contributed by atoms with Crippen LogP contribution < -0.4 is 14.5 Å². The van der Waals surface area contributed by atoms with Gasteiger partial charge >= 0.3 is 5.97 Å². The van der Waals surface area contributed by atoms with E-state index in [2.05, 4.69) is 79.1 Å². The van der Waals surface area contributed by atoms with E-state index in [1.54, 1.807) is 19.2 Å². The van der Waals surface area contributed by atoms with Gasteiger partial charge in [0.15, 0.2) is 0 Å². The Bertz CT molecular complexity index is 2280. The number of carboxylic acid groups (broad SMARTS) is 1. The lowest BCUT2D eigenvalue weighted by atomic mass is 9.83. The standard InChI is InChI=1S/C49H62N2O10S/c1-35-34-48(2,3)51(22-23-58-26-27-60-29-28-59-25-24-57-6)43-33-45-40(32-39(35)43)37(30-44(61-45)36-14-9-7-10-15-36)16-13-17-46-49(4,5)41-31-38(62(54,55)56)19-20-42(41)50(46)21-12-8-11-18-47(52)53/h7,9-10,13-17,19-20,30-34,44H,8,11-12,18,21-29H2,1-6H3,(H,52,53)(H,54,55,56)/b16-13+,46-17-. The topological polar surface area (TPSA) is 144 Å². The van der Waals surface area contributed by atoms with E-state index in [4.69, 9.17) is 28.8 Å². The van der Waals surface area contributed by atoms with E-state index in [-0.39, 0.29) is 23.0 Å². The molecule has 3 aromatic carbocycles. The van der Waals surface area contributed by atoms with Crippen LogP contribution in [0.5, 0.6) is 5.75 Å². The SMILES string of the molecule is COCCOCCOCCOCCN1c2cc3c(cc2C(C)=CC1(C)C)C(/C=C/C=C1\N(CCCCCC(=O)O)c2ccc(S(=O)(=O)O)cc2C1(C)C)=CC(c1ccccc1)O3. The fourth-order valence-electron chi connectivity index (χ4n) is 8.57. The number of fused-ring (bicyclic) bond motifs is 3. The van der Waals surface area contributed by atoms with Crippen molar-refractivity contribution in [2.75, 3.05) is 76.2 Å². The monoisotopic (exact) mass is 870 g/mol. The predicted molar refractivity (Wildman–Crippen MR) is 244 cm³/mol. The zero-order chi connectivity index (χ0) is 44.5. The summed E-state index contributed by atoms with van der Waals surface area (Å²) in [7, 11) is -2.77. The number of anilines is 2. The van der Waals surface area contributed by atoms with Crippen LogP contribution in [0.1, 0.15) is 88.7 Å². The van der Waals surface area contributed by atoms with Crippen LogP contribution in [0.3, 0.4) is 0 Å². The maximum absolute atomic E-state index is 12.2. The van der Waals surface area contributed by atoms with E-state index in [1.165, 1.54) is 11.6 Å². The molecule has 334 valence electrons. The Balaban J connectivity index is 1.28. The summed E-state index contributed by atoms with van der Waals surface area (Å²) in [5.41, 5.74) is 8.10. The van der Waals surface area contributed by atoms with Crippen molar-refractivity contribution in [3.63, 3.8) is 0 Å². The fraction of sp³-hybridized carbons (Fsp3) is 0.449. The number of methoxy groups -OCH3 is 1. The van der Waals surface area contributed by atoms with Crippen molar-refractivity contribution >= 4 is 38.6 Å². The largest absolute Gasteiger partial charge is 0.481 e. The van der Waals surface area contributed by atoms with Gasteiger partial charge in [-0.2, -0.15) is 8.42 Å². The second-order valence-corrected chi connectivity index (χ2v) is 18.4. The molecule has 0 aliphatic carbocycles. The molecule has 0 saturated carbocycles. The van der Waals surface area contributed by atoms with Crippen LogP contribution in [-0.4, -0.2) is 96.0 Å². The molecule has 1 unspecified atom stereocenters. The van der Waals surface area contributed by atoms with Crippen molar-refractivity contribution in [3.8, 4) is 5.75 Å². The number of hydrogen-bond acceptors (Lipinski definition) is 10. The number of allylic oxidation sites excluding steroid dienone is 6. The van der Waals surface area contributed by atoms with Crippen molar-refractivity contribution < 1.29 is 46.6 Å². The number of hydrogen-bond donors (Lipinski definition) is 2. The molecule has 6 rings (SSSR count). The molecule has 12 nitrogen and oxygen atoms in total. The Morgan fingerprint density at radius 3 is 2.21 bits per heavy atom. The third-order valence-electron chi connectivity index (χ3n) is 11.7. The summed E-state index contributed by atoms with van der Waals surface area (Å²) in [6, 6.07) is 19.3. The number of unbranched alkanes of at least 4 members (excludes halogenated alkanes) is 2. The second-order valence-electron chi connectivity index (χ2n) is 16.9. The van der Waals surface area contributed by atoms with E-state index in [9.17, 15) is 17.8 Å². The first-order valence-corrected chi connectivity index (χ1v) is 22.9. The van der Waals surface area contributed by atoms with Crippen molar-refractivity contribution in [1.29, 1.82) is 0 Å².